The van der Waals surface area contributed by atoms with E-state index in [1.54, 1.807) is 24.3 Å². The molecule has 122 valence electrons. The average molecular weight is 324 g/mol. The predicted molar refractivity (Wildman–Crippen MR) is 91.9 cm³/mol. The number of ether oxygens (including phenoxy) is 1. The van der Waals surface area contributed by atoms with E-state index in [2.05, 4.69) is 10.3 Å². The SMILES string of the molecule is CC(C)Oc1cc2cc(C(=O)Nc3ccccc3)ccc2nc1F. The highest BCUT2D eigenvalue weighted by atomic mass is 19.1. The van der Waals surface area contributed by atoms with Crippen LogP contribution in [0.1, 0.15) is 24.2 Å². The number of pyridine rings is 1. The van der Waals surface area contributed by atoms with Gasteiger partial charge in [-0.3, -0.25) is 4.79 Å². The highest BCUT2D eigenvalue weighted by Gasteiger charge is 2.12. The van der Waals surface area contributed by atoms with Gasteiger partial charge in [0.2, 0.25) is 0 Å². The number of amides is 1. The zero-order valence-electron chi connectivity index (χ0n) is 13.4. The number of benzene rings is 2. The van der Waals surface area contributed by atoms with E-state index in [0.29, 0.717) is 22.2 Å². The van der Waals surface area contributed by atoms with Crippen molar-refractivity contribution in [1.29, 1.82) is 0 Å². The molecule has 1 N–H and O–H groups in total. The number of carbonyl (C=O) groups excluding carboxylic acids is 1. The van der Waals surface area contributed by atoms with E-state index in [1.807, 2.05) is 44.2 Å². The summed E-state index contributed by atoms with van der Waals surface area (Å²) in [6, 6.07) is 15.7. The van der Waals surface area contributed by atoms with Crippen molar-refractivity contribution in [3.8, 4) is 5.75 Å². The number of aromatic nitrogens is 1. The molecule has 3 rings (SSSR count). The van der Waals surface area contributed by atoms with Crippen molar-refractivity contribution in [2.75, 3.05) is 5.32 Å². The van der Waals surface area contributed by atoms with Crippen LogP contribution < -0.4 is 10.1 Å². The van der Waals surface area contributed by atoms with Crippen LogP contribution in [0.15, 0.2) is 54.6 Å². The molecule has 1 heterocycles. The second-order valence-corrected chi connectivity index (χ2v) is 5.67. The maximum absolute atomic E-state index is 13.9. The number of fused-ring (bicyclic) bond motifs is 1. The number of nitrogens with one attached hydrogen (secondary N) is 1. The minimum Gasteiger partial charge on any atom is -0.486 e. The molecule has 0 aliphatic heterocycles. The molecule has 0 saturated carbocycles. The molecule has 3 aromatic rings. The molecule has 0 atom stereocenters. The first-order valence-corrected chi connectivity index (χ1v) is 7.66. The molecule has 1 aromatic heterocycles. The van der Waals surface area contributed by atoms with Crippen molar-refractivity contribution in [2.45, 2.75) is 20.0 Å². The van der Waals surface area contributed by atoms with Gasteiger partial charge < -0.3 is 10.1 Å². The lowest BCUT2D eigenvalue weighted by Crippen LogP contribution is -2.12. The fraction of sp³-hybridized carbons (Fsp3) is 0.158. The Morgan fingerprint density at radius 1 is 1.12 bits per heavy atom. The van der Waals surface area contributed by atoms with Crippen LogP contribution in [0.5, 0.6) is 5.75 Å². The smallest absolute Gasteiger partial charge is 0.255 e. The maximum Gasteiger partial charge on any atom is 0.255 e. The third-order valence-corrected chi connectivity index (χ3v) is 3.39. The summed E-state index contributed by atoms with van der Waals surface area (Å²) in [6.07, 6.45) is -0.164. The van der Waals surface area contributed by atoms with Gasteiger partial charge in [-0.25, -0.2) is 4.98 Å². The molecule has 1 amide bonds. The molecule has 0 radical (unpaired) electrons. The number of anilines is 1. The minimum atomic E-state index is -0.655. The zero-order valence-corrected chi connectivity index (χ0v) is 13.4. The second kappa shape index (κ2) is 6.66. The number of rotatable bonds is 4. The van der Waals surface area contributed by atoms with Gasteiger partial charge >= 0.3 is 0 Å². The van der Waals surface area contributed by atoms with Gasteiger partial charge in [0.25, 0.3) is 11.9 Å². The number of hydrogen-bond donors (Lipinski definition) is 1. The van der Waals surface area contributed by atoms with Crippen molar-refractivity contribution < 1.29 is 13.9 Å². The van der Waals surface area contributed by atoms with Crippen molar-refractivity contribution in [1.82, 2.24) is 4.98 Å². The third kappa shape index (κ3) is 3.51. The van der Waals surface area contributed by atoms with E-state index < -0.39 is 5.95 Å². The van der Waals surface area contributed by atoms with Crippen LogP contribution in [-0.2, 0) is 0 Å². The summed E-state index contributed by atoms with van der Waals surface area (Å²) in [5.74, 6) is -0.811. The van der Waals surface area contributed by atoms with E-state index in [0.717, 1.165) is 0 Å². The maximum atomic E-state index is 13.9. The molecule has 0 aliphatic rings. The molecule has 0 unspecified atom stereocenters. The summed E-state index contributed by atoms with van der Waals surface area (Å²) in [4.78, 5) is 16.2. The van der Waals surface area contributed by atoms with Crippen molar-refractivity contribution in [3.05, 3.63) is 66.1 Å². The van der Waals surface area contributed by atoms with Gasteiger partial charge in [0.1, 0.15) is 0 Å². The third-order valence-electron chi connectivity index (χ3n) is 3.39. The normalized spacial score (nSPS) is 10.8. The van der Waals surface area contributed by atoms with Gasteiger partial charge in [-0.1, -0.05) is 18.2 Å². The van der Waals surface area contributed by atoms with Crippen molar-refractivity contribution in [2.24, 2.45) is 0 Å². The number of hydrogen-bond acceptors (Lipinski definition) is 3. The molecule has 5 heteroatoms. The number of para-hydroxylation sites is 1. The molecule has 24 heavy (non-hydrogen) atoms. The molecule has 0 aliphatic carbocycles. The summed E-state index contributed by atoms with van der Waals surface area (Å²) in [5, 5.41) is 3.46. The van der Waals surface area contributed by atoms with Crippen LogP contribution in [-0.4, -0.2) is 17.0 Å². The summed E-state index contributed by atoms with van der Waals surface area (Å²) < 4.78 is 19.3. The van der Waals surface area contributed by atoms with Crippen molar-refractivity contribution in [3.63, 3.8) is 0 Å². The summed E-state index contributed by atoms with van der Waals surface area (Å²) >= 11 is 0. The fourth-order valence-electron chi connectivity index (χ4n) is 2.34. The van der Waals surface area contributed by atoms with Crippen LogP contribution in [0.25, 0.3) is 10.9 Å². The molecule has 0 saturated heterocycles. The Bertz CT molecular complexity index is 879. The quantitative estimate of drug-likeness (QED) is 0.723. The van der Waals surface area contributed by atoms with Gasteiger partial charge in [0, 0.05) is 16.6 Å². The highest BCUT2D eigenvalue weighted by molar-refractivity contribution is 6.06. The van der Waals surface area contributed by atoms with E-state index in [-0.39, 0.29) is 17.8 Å². The first-order valence-electron chi connectivity index (χ1n) is 7.66. The summed E-state index contributed by atoms with van der Waals surface area (Å²) in [6.45, 7) is 3.63. The zero-order chi connectivity index (χ0) is 17.1. The van der Waals surface area contributed by atoms with Gasteiger partial charge in [-0.05, 0) is 50.2 Å². The van der Waals surface area contributed by atoms with Crippen LogP contribution >= 0.6 is 0 Å². The Labute approximate surface area is 139 Å². The molecule has 2 aromatic carbocycles. The Kier molecular flexibility index (Phi) is 4.42. The lowest BCUT2D eigenvalue weighted by molar-refractivity contribution is 0.102. The summed E-state index contributed by atoms with van der Waals surface area (Å²) in [7, 11) is 0. The minimum absolute atomic E-state index is 0.0816. The fourth-order valence-corrected chi connectivity index (χ4v) is 2.34. The lowest BCUT2D eigenvalue weighted by Gasteiger charge is -2.11. The first kappa shape index (κ1) is 15.9. The summed E-state index contributed by atoms with van der Waals surface area (Å²) in [5.41, 5.74) is 1.65. The number of nitrogens with zero attached hydrogens (tertiary/aromatic N) is 1. The van der Waals surface area contributed by atoms with Gasteiger partial charge in [0.15, 0.2) is 5.75 Å². The Morgan fingerprint density at radius 3 is 2.58 bits per heavy atom. The van der Waals surface area contributed by atoms with E-state index in [4.69, 9.17) is 4.74 Å². The topological polar surface area (TPSA) is 51.2 Å². The molecular weight excluding hydrogens is 307 g/mol. The van der Waals surface area contributed by atoms with Gasteiger partial charge in [-0.15, -0.1) is 0 Å². The predicted octanol–water partition coefficient (Wildman–Crippen LogP) is 4.41. The second-order valence-electron chi connectivity index (χ2n) is 5.67. The van der Waals surface area contributed by atoms with E-state index in [1.165, 1.54) is 0 Å². The van der Waals surface area contributed by atoms with Crippen LogP contribution in [0.4, 0.5) is 10.1 Å². The van der Waals surface area contributed by atoms with Crippen LogP contribution in [0, 0.1) is 5.95 Å². The number of halogens is 1. The first-order chi connectivity index (χ1) is 11.5. The Balaban J connectivity index is 1.92. The largest absolute Gasteiger partial charge is 0.486 e. The Hall–Kier alpha value is -2.95. The molecule has 4 nitrogen and oxygen atoms in total. The van der Waals surface area contributed by atoms with Crippen LogP contribution in [0.3, 0.4) is 0 Å². The lowest BCUT2D eigenvalue weighted by atomic mass is 10.1. The Morgan fingerprint density at radius 2 is 1.88 bits per heavy atom. The molecular formula is C19H17FN2O2. The van der Waals surface area contributed by atoms with E-state index in [9.17, 15) is 9.18 Å². The molecule has 0 spiro atoms. The highest BCUT2D eigenvalue weighted by Crippen LogP contribution is 2.24. The van der Waals surface area contributed by atoms with E-state index >= 15 is 0 Å². The van der Waals surface area contributed by atoms with Gasteiger partial charge in [-0.2, -0.15) is 4.39 Å². The number of carbonyl (C=O) groups is 1. The molecule has 0 fully saturated rings. The monoisotopic (exact) mass is 324 g/mol. The average Bonchev–Trinajstić information content (AvgIpc) is 2.55. The van der Waals surface area contributed by atoms with Crippen LogP contribution in [0.2, 0.25) is 0 Å². The van der Waals surface area contributed by atoms with Gasteiger partial charge in [0.05, 0.1) is 11.6 Å². The molecule has 0 bridgehead atoms. The standard InChI is InChI=1S/C19H17FN2O2/c1-12(2)24-17-11-14-10-13(8-9-16(14)22-18(17)20)19(23)21-15-6-4-3-5-7-15/h3-12H,1-2H3,(H,21,23). The van der Waals surface area contributed by atoms with Crippen molar-refractivity contribution >= 4 is 22.5 Å².